The Morgan fingerprint density at radius 2 is 1.47 bits per heavy atom. The molecule has 0 aliphatic carbocycles. The van der Waals surface area contributed by atoms with E-state index in [1.807, 2.05) is 68.4 Å². The largest absolute Gasteiger partial charge is 0.487 e. The average molecular weight is 693 g/mol. The molecule has 4 aromatic carbocycles. The van der Waals surface area contributed by atoms with Gasteiger partial charge in [0.1, 0.15) is 18.2 Å². The van der Waals surface area contributed by atoms with E-state index in [0.717, 1.165) is 84.0 Å². The molecular weight excluding hydrogens is 652 g/mol. The van der Waals surface area contributed by atoms with E-state index < -0.39 is 19.3 Å². The highest BCUT2D eigenvalue weighted by molar-refractivity contribution is 7.53. The third-order valence-electron chi connectivity index (χ3n) is 8.46. The number of aromatic nitrogens is 2. The van der Waals surface area contributed by atoms with Crippen molar-refractivity contribution in [2.75, 3.05) is 44.3 Å². The monoisotopic (exact) mass is 692 g/mol. The van der Waals surface area contributed by atoms with Gasteiger partial charge in [-0.15, -0.1) is 0 Å². The molecular formula is C37H40F3N4O4P. The van der Waals surface area contributed by atoms with Crippen molar-refractivity contribution in [2.45, 2.75) is 39.3 Å². The number of rotatable bonds is 13. The first-order valence-corrected chi connectivity index (χ1v) is 18.2. The molecule has 8 nitrogen and oxygen atoms in total. The molecule has 0 amide bonds. The number of para-hydroxylation sites is 2. The first-order valence-electron chi connectivity index (χ1n) is 16.4. The van der Waals surface area contributed by atoms with Crippen LogP contribution < -0.4 is 9.64 Å². The van der Waals surface area contributed by atoms with E-state index in [1.54, 1.807) is 0 Å². The molecule has 0 spiro atoms. The van der Waals surface area contributed by atoms with Crippen LogP contribution in [0.15, 0.2) is 91.0 Å². The topological polar surface area (TPSA) is 79.9 Å². The predicted octanol–water partition coefficient (Wildman–Crippen LogP) is 8.92. The van der Waals surface area contributed by atoms with Crippen molar-refractivity contribution in [1.29, 1.82) is 0 Å². The molecule has 0 bridgehead atoms. The lowest BCUT2D eigenvalue weighted by Crippen LogP contribution is -2.46. The zero-order chi connectivity index (χ0) is 34.4. The van der Waals surface area contributed by atoms with Crippen LogP contribution in [0, 0.1) is 0 Å². The lowest BCUT2D eigenvalue weighted by Gasteiger charge is -2.36. The molecule has 6 rings (SSSR count). The van der Waals surface area contributed by atoms with Crippen LogP contribution in [0.5, 0.6) is 5.75 Å². The van der Waals surface area contributed by atoms with Gasteiger partial charge in [-0.25, -0.2) is 4.98 Å². The van der Waals surface area contributed by atoms with Gasteiger partial charge in [-0.05, 0) is 66.9 Å². The van der Waals surface area contributed by atoms with E-state index in [4.69, 9.17) is 13.8 Å². The van der Waals surface area contributed by atoms with E-state index in [2.05, 4.69) is 31.9 Å². The molecule has 0 radical (unpaired) electrons. The first-order chi connectivity index (χ1) is 23.6. The Hall–Kier alpha value is -4.15. The number of benzene rings is 4. The van der Waals surface area contributed by atoms with Crippen molar-refractivity contribution >= 4 is 24.3 Å². The number of piperazine rings is 1. The van der Waals surface area contributed by atoms with Gasteiger partial charge in [-0.1, -0.05) is 54.6 Å². The lowest BCUT2D eigenvalue weighted by molar-refractivity contribution is -0.137. The SMILES string of the molecule is CCOP(=O)(Cc1ccc(COc2ccccc2N2CCN(Cc3ccc4[nH]c(-c5ccc(C(F)(F)F)cc5)nc4c3)CC2)cc1)OCC. The van der Waals surface area contributed by atoms with Gasteiger partial charge in [0.2, 0.25) is 0 Å². The molecule has 258 valence electrons. The van der Waals surface area contributed by atoms with Crippen LogP contribution in [0.4, 0.5) is 18.9 Å². The first kappa shape index (κ1) is 34.7. The van der Waals surface area contributed by atoms with Crippen molar-refractivity contribution in [3.63, 3.8) is 0 Å². The van der Waals surface area contributed by atoms with Gasteiger partial charge in [0.25, 0.3) is 0 Å². The second-order valence-corrected chi connectivity index (χ2v) is 14.0. The molecule has 12 heteroatoms. The Morgan fingerprint density at radius 1 is 0.816 bits per heavy atom. The second kappa shape index (κ2) is 15.2. The Labute approximate surface area is 284 Å². The molecule has 0 unspecified atom stereocenters. The fourth-order valence-corrected chi connectivity index (χ4v) is 7.70. The van der Waals surface area contributed by atoms with Gasteiger partial charge in [0.15, 0.2) is 0 Å². The summed E-state index contributed by atoms with van der Waals surface area (Å²) in [4.78, 5) is 12.6. The summed E-state index contributed by atoms with van der Waals surface area (Å²) in [6, 6.07) is 27.0. The Bertz CT molecular complexity index is 1880. The van der Waals surface area contributed by atoms with Crippen LogP contribution in [0.2, 0.25) is 0 Å². The summed E-state index contributed by atoms with van der Waals surface area (Å²) in [6.07, 6.45) is -4.14. The zero-order valence-electron chi connectivity index (χ0n) is 27.6. The summed E-state index contributed by atoms with van der Waals surface area (Å²) in [7, 11) is -3.16. The van der Waals surface area contributed by atoms with Gasteiger partial charge >= 0.3 is 13.8 Å². The Morgan fingerprint density at radius 3 is 2.14 bits per heavy atom. The molecule has 49 heavy (non-hydrogen) atoms. The van der Waals surface area contributed by atoms with Gasteiger partial charge in [-0.2, -0.15) is 13.2 Å². The van der Waals surface area contributed by atoms with Crippen LogP contribution in [-0.2, 0) is 39.1 Å². The third-order valence-corrected chi connectivity index (χ3v) is 10.5. The lowest BCUT2D eigenvalue weighted by atomic mass is 10.1. The molecule has 1 N–H and O–H groups in total. The molecule has 1 aliphatic heterocycles. The fourth-order valence-electron chi connectivity index (χ4n) is 6.00. The molecule has 0 atom stereocenters. The fraction of sp³-hybridized carbons (Fsp3) is 0.324. The van der Waals surface area contributed by atoms with Crippen LogP contribution >= 0.6 is 7.60 Å². The van der Waals surface area contributed by atoms with Crippen molar-refractivity contribution < 1.29 is 31.5 Å². The Kier molecular flexibility index (Phi) is 10.7. The van der Waals surface area contributed by atoms with Gasteiger partial charge < -0.3 is 23.7 Å². The number of halogens is 3. The van der Waals surface area contributed by atoms with Crippen LogP contribution in [0.25, 0.3) is 22.4 Å². The Balaban J connectivity index is 1.03. The maximum absolute atomic E-state index is 13.0. The quantitative estimate of drug-likeness (QED) is 0.124. The molecule has 1 saturated heterocycles. The van der Waals surface area contributed by atoms with E-state index in [0.29, 0.717) is 31.2 Å². The molecule has 1 aromatic heterocycles. The van der Waals surface area contributed by atoms with Crippen LogP contribution in [-0.4, -0.2) is 54.3 Å². The number of ether oxygens (including phenoxy) is 1. The molecule has 2 heterocycles. The number of H-pyrrole nitrogens is 1. The number of alkyl halides is 3. The molecule has 0 saturated carbocycles. The van der Waals surface area contributed by atoms with Crippen LogP contribution in [0.3, 0.4) is 0 Å². The highest BCUT2D eigenvalue weighted by atomic mass is 31.2. The predicted molar refractivity (Wildman–Crippen MR) is 186 cm³/mol. The summed E-state index contributed by atoms with van der Waals surface area (Å²) in [5, 5.41) is 0. The average Bonchev–Trinajstić information content (AvgIpc) is 3.52. The van der Waals surface area contributed by atoms with Crippen LogP contribution in [0.1, 0.15) is 36.1 Å². The standard InChI is InChI=1S/C37H40F3N4O4P/c1-3-47-49(45,48-4-2)26-28-11-9-27(10-12-28)25-46-35-8-6-5-7-34(35)44-21-19-43(20-22-44)24-29-13-18-32-33(23-29)42-36(41-32)30-14-16-31(17-15-30)37(38,39)40/h5-18,23H,3-4,19-22,24-26H2,1-2H3,(H,41,42). The summed E-state index contributed by atoms with van der Waals surface area (Å²) < 4.78 is 69.0. The minimum absolute atomic E-state index is 0.231. The number of aromatic amines is 1. The summed E-state index contributed by atoms with van der Waals surface area (Å²) in [5.41, 5.74) is 5.62. The highest BCUT2D eigenvalue weighted by Gasteiger charge is 2.30. The number of imidazole rings is 1. The minimum Gasteiger partial charge on any atom is -0.487 e. The van der Waals surface area contributed by atoms with Crippen molar-refractivity contribution in [1.82, 2.24) is 14.9 Å². The summed E-state index contributed by atoms with van der Waals surface area (Å²) in [5.74, 6) is 1.36. The summed E-state index contributed by atoms with van der Waals surface area (Å²) >= 11 is 0. The van der Waals surface area contributed by atoms with Gasteiger partial charge in [0.05, 0.1) is 41.7 Å². The zero-order valence-corrected chi connectivity index (χ0v) is 28.5. The number of nitrogens with zero attached hydrogens (tertiary/aromatic N) is 3. The number of anilines is 1. The molecule has 5 aromatic rings. The van der Waals surface area contributed by atoms with E-state index in [-0.39, 0.29) is 6.16 Å². The number of nitrogens with one attached hydrogen (secondary N) is 1. The molecule has 1 fully saturated rings. The molecule has 1 aliphatic rings. The third kappa shape index (κ3) is 8.72. The van der Waals surface area contributed by atoms with Gasteiger partial charge in [-0.3, -0.25) is 9.46 Å². The maximum Gasteiger partial charge on any atom is 0.416 e. The van der Waals surface area contributed by atoms with Gasteiger partial charge in [0, 0.05) is 38.3 Å². The second-order valence-electron chi connectivity index (χ2n) is 12.0. The van der Waals surface area contributed by atoms with Crippen molar-refractivity contribution in [2.24, 2.45) is 0 Å². The number of hydrogen-bond acceptors (Lipinski definition) is 7. The maximum atomic E-state index is 13.0. The minimum atomic E-state index is -4.37. The van der Waals surface area contributed by atoms with E-state index in [9.17, 15) is 17.7 Å². The number of hydrogen-bond donors (Lipinski definition) is 1. The van der Waals surface area contributed by atoms with Crippen molar-refractivity contribution in [3.05, 3.63) is 113 Å². The normalized spacial score (nSPS) is 14.4. The summed E-state index contributed by atoms with van der Waals surface area (Å²) in [6.45, 7) is 8.89. The van der Waals surface area contributed by atoms with E-state index >= 15 is 0 Å². The number of fused-ring (bicyclic) bond motifs is 1. The van der Waals surface area contributed by atoms with E-state index in [1.165, 1.54) is 12.1 Å². The smallest absolute Gasteiger partial charge is 0.416 e. The van der Waals surface area contributed by atoms with Crippen molar-refractivity contribution in [3.8, 4) is 17.1 Å². The highest BCUT2D eigenvalue weighted by Crippen LogP contribution is 2.51.